The molecule has 0 amide bonds. The number of hydrogen-bond acceptors (Lipinski definition) is 4. The molecule has 0 radical (unpaired) electrons. The van der Waals surface area contributed by atoms with Gasteiger partial charge in [-0.1, -0.05) is 0 Å². The van der Waals surface area contributed by atoms with Crippen LogP contribution in [0.3, 0.4) is 0 Å². The van der Waals surface area contributed by atoms with E-state index >= 15 is 0 Å². The van der Waals surface area contributed by atoms with Crippen LogP contribution in [0.1, 0.15) is 22.6 Å². The van der Waals surface area contributed by atoms with Crippen molar-refractivity contribution < 1.29 is 9.15 Å². The SMILES string of the molecule is Cc1cc(=O)oc2c(C)c3c(cc12)C(CN(C)C)CO3.I. The summed E-state index contributed by atoms with van der Waals surface area (Å²) in [4.78, 5) is 13.7. The quantitative estimate of drug-likeness (QED) is 0.573. The second-order valence-corrected chi connectivity index (χ2v) is 5.82. The second-order valence-electron chi connectivity index (χ2n) is 5.82. The number of halogens is 1. The van der Waals surface area contributed by atoms with Crippen molar-refractivity contribution in [2.75, 3.05) is 27.2 Å². The molecule has 2 heterocycles. The Hall–Kier alpha value is -1.08. The van der Waals surface area contributed by atoms with E-state index < -0.39 is 0 Å². The number of rotatable bonds is 2. The van der Waals surface area contributed by atoms with Gasteiger partial charge < -0.3 is 14.1 Å². The van der Waals surface area contributed by atoms with Gasteiger partial charge in [0, 0.05) is 35.0 Å². The lowest BCUT2D eigenvalue weighted by molar-refractivity contribution is 0.291. The van der Waals surface area contributed by atoms with Crippen LogP contribution in [0.25, 0.3) is 11.0 Å². The van der Waals surface area contributed by atoms with E-state index in [1.54, 1.807) is 6.07 Å². The van der Waals surface area contributed by atoms with Gasteiger partial charge in [-0.3, -0.25) is 0 Å². The Balaban J connectivity index is 0.00000161. The van der Waals surface area contributed by atoms with Crippen LogP contribution >= 0.6 is 24.0 Å². The maximum Gasteiger partial charge on any atom is 0.336 e. The molecule has 3 rings (SSSR count). The number of likely N-dealkylation sites (N-methyl/N-ethyl adjacent to an activating group) is 1. The van der Waals surface area contributed by atoms with Crippen LogP contribution < -0.4 is 10.4 Å². The van der Waals surface area contributed by atoms with Crippen molar-refractivity contribution in [1.29, 1.82) is 0 Å². The molecule has 2 aromatic rings. The first kappa shape index (κ1) is 16.3. The highest BCUT2D eigenvalue weighted by molar-refractivity contribution is 14.0. The van der Waals surface area contributed by atoms with Gasteiger partial charge in [0.1, 0.15) is 11.3 Å². The van der Waals surface area contributed by atoms with E-state index in [1.165, 1.54) is 5.56 Å². The fourth-order valence-corrected chi connectivity index (χ4v) is 2.98. The molecule has 1 aromatic heterocycles. The fourth-order valence-electron chi connectivity index (χ4n) is 2.98. The number of hydrogen-bond donors (Lipinski definition) is 0. The van der Waals surface area contributed by atoms with E-state index in [0.29, 0.717) is 18.1 Å². The number of ether oxygens (including phenoxy) is 1. The molecule has 0 fully saturated rings. The Labute approximate surface area is 141 Å². The molecule has 0 saturated heterocycles. The van der Waals surface area contributed by atoms with Crippen molar-refractivity contribution in [3.8, 4) is 5.75 Å². The molecule has 21 heavy (non-hydrogen) atoms. The summed E-state index contributed by atoms with van der Waals surface area (Å²) in [6, 6.07) is 3.67. The summed E-state index contributed by atoms with van der Waals surface area (Å²) in [5.74, 6) is 1.26. The Morgan fingerprint density at radius 3 is 2.67 bits per heavy atom. The fraction of sp³-hybridized carbons (Fsp3) is 0.438. The van der Waals surface area contributed by atoms with E-state index in [9.17, 15) is 4.79 Å². The average molecular weight is 401 g/mol. The minimum absolute atomic E-state index is 0. The first-order valence-electron chi connectivity index (χ1n) is 6.83. The lowest BCUT2D eigenvalue weighted by Crippen LogP contribution is -2.21. The summed E-state index contributed by atoms with van der Waals surface area (Å²) < 4.78 is 11.2. The highest BCUT2D eigenvalue weighted by Crippen LogP contribution is 2.41. The molecule has 1 aliphatic rings. The van der Waals surface area contributed by atoms with Gasteiger partial charge in [-0.2, -0.15) is 0 Å². The Morgan fingerprint density at radius 1 is 1.29 bits per heavy atom. The van der Waals surface area contributed by atoms with Crippen molar-refractivity contribution in [2.24, 2.45) is 0 Å². The zero-order valence-electron chi connectivity index (χ0n) is 12.7. The summed E-state index contributed by atoms with van der Waals surface area (Å²) >= 11 is 0. The minimum atomic E-state index is -0.305. The molecule has 0 aliphatic carbocycles. The van der Waals surface area contributed by atoms with Gasteiger partial charge in [-0.25, -0.2) is 4.79 Å². The molecule has 0 saturated carbocycles. The molecule has 4 nitrogen and oxygen atoms in total. The largest absolute Gasteiger partial charge is 0.492 e. The number of aryl methyl sites for hydroxylation is 2. The van der Waals surface area contributed by atoms with E-state index in [-0.39, 0.29) is 29.6 Å². The standard InChI is InChI=1S/C16H19NO3.HI/c1-9-5-14(18)20-16-10(2)15-13(6-12(9)16)11(8-19-15)7-17(3)4;/h5-6,11H,7-8H2,1-4H3;1H. The van der Waals surface area contributed by atoms with Crippen LogP contribution in [-0.4, -0.2) is 32.1 Å². The molecule has 1 aliphatic heterocycles. The molecular formula is C16H20INO3. The lowest BCUT2D eigenvalue weighted by Gasteiger charge is -2.15. The highest BCUT2D eigenvalue weighted by Gasteiger charge is 2.28. The molecule has 0 N–H and O–H groups in total. The van der Waals surface area contributed by atoms with Crippen LogP contribution in [0, 0.1) is 13.8 Å². The number of fused-ring (bicyclic) bond motifs is 2. The van der Waals surface area contributed by atoms with Crippen molar-refractivity contribution in [1.82, 2.24) is 4.90 Å². The zero-order chi connectivity index (χ0) is 14.4. The van der Waals surface area contributed by atoms with E-state index in [1.807, 2.05) is 13.8 Å². The van der Waals surface area contributed by atoms with E-state index in [4.69, 9.17) is 9.15 Å². The van der Waals surface area contributed by atoms with E-state index in [2.05, 4.69) is 25.1 Å². The van der Waals surface area contributed by atoms with Gasteiger partial charge in [0.2, 0.25) is 0 Å². The van der Waals surface area contributed by atoms with Gasteiger partial charge in [0.05, 0.1) is 6.61 Å². The predicted octanol–water partition coefficient (Wildman–Crippen LogP) is 3.07. The third-order valence-corrected chi connectivity index (χ3v) is 3.90. The molecule has 0 spiro atoms. The van der Waals surface area contributed by atoms with Crippen molar-refractivity contribution >= 4 is 34.9 Å². The van der Waals surface area contributed by atoms with Crippen LogP contribution in [0.2, 0.25) is 0 Å². The summed E-state index contributed by atoms with van der Waals surface area (Å²) in [5.41, 5.74) is 3.46. The number of nitrogens with zero attached hydrogens (tertiary/aromatic N) is 1. The molecule has 0 bridgehead atoms. The Morgan fingerprint density at radius 2 is 2.00 bits per heavy atom. The van der Waals surface area contributed by atoms with Crippen LogP contribution in [-0.2, 0) is 0 Å². The van der Waals surface area contributed by atoms with Gasteiger partial charge in [0.15, 0.2) is 0 Å². The summed E-state index contributed by atoms with van der Waals surface area (Å²) in [6.45, 7) is 5.55. The first-order chi connectivity index (χ1) is 9.47. The van der Waals surface area contributed by atoms with Crippen molar-refractivity contribution in [2.45, 2.75) is 19.8 Å². The smallest absolute Gasteiger partial charge is 0.336 e. The van der Waals surface area contributed by atoms with Crippen LogP contribution in [0.5, 0.6) is 5.75 Å². The highest BCUT2D eigenvalue weighted by atomic mass is 127. The summed E-state index contributed by atoms with van der Waals surface area (Å²) in [6.07, 6.45) is 0. The third-order valence-electron chi connectivity index (χ3n) is 3.90. The second kappa shape index (κ2) is 5.96. The van der Waals surface area contributed by atoms with Crippen LogP contribution in [0.4, 0.5) is 0 Å². The molecular weight excluding hydrogens is 381 g/mol. The molecule has 5 heteroatoms. The topological polar surface area (TPSA) is 42.7 Å². The molecule has 1 aromatic carbocycles. The average Bonchev–Trinajstić information content (AvgIpc) is 2.74. The van der Waals surface area contributed by atoms with E-state index in [0.717, 1.165) is 28.8 Å². The maximum absolute atomic E-state index is 11.6. The summed E-state index contributed by atoms with van der Waals surface area (Å²) in [5, 5.41) is 1.01. The van der Waals surface area contributed by atoms with Gasteiger partial charge >= 0.3 is 5.63 Å². The lowest BCUT2D eigenvalue weighted by atomic mass is 9.95. The van der Waals surface area contributed by atoms with Crippen molar-refractivity contribution in [3.63, 3.8) is 0 Å². The molecule has 1 atom stereocenters. The normalized spacial score (nSPS) is 16.7. The first-order valence-corrected chi connectivity index (χ1v) is 6.83. The van der Waals surface area contributed by atoms with Gasteiger partial charge in [-0.15, -0.1) is 24.0 Å². The molecule has 1 unspecified atom stereocenters. The third kappa shape index (κ3) is 2.81. The molecule has 114 valence electrons. The Bertz CT molecular complexity index is 736. The van der Waals surface area contributed by atoms with Gasteiger partial charge in [-0.05, 0) is 39.6 Å². The maximum atomic E-state index is 11.6. The van der Waals surface area contributed by atoms with Gasteiger partial charge in [0.25, 0.3) is 0 Å². The zero-order valence-corrected chi connectivity index (χ0v) is 15.1. The monoisotopic (exact) mass is 401 g/mol. The minimum Gasteiger partial charge on any atom is -0.492 e. The van der Waals surface area contributed by atoms with Crippen LogP contribution in [0.15, 0.2) is 21.3 Å². The Kier molecular flexibility index (Phi) is 4.63. The van der Waals surface area contributed by atoms with Crippen molar-refractivity contribution in [3.05, 3.63) is 39.2 Å². The summed E-state index contributed by atoms with van der Waals surface area (Å²) in [7, 11) is 4.13. The number of benzene rings is 1. The predicted molar refractivity (Wildman–Crippen MR) is 94.2 cm³/mol.